The van der Waals surface area contributed by atoms with Gasteiger partial charge in [-0.2, -0.15) is 0 Å². The summed E-state index contributed by atoms with van der Waals surface area (Å²) in [6.45, 7) is 24.3. The van der Waals surface area contributed by atoms with Crippen molar-refractivity contribution in [2.45, 2.75) is 129 Å². The molecule has 3 rings (SSSR count). The highest BCUT2D eigenvalue weighted by Gasteiger charge is 2.52. The van der Waals surface area contributed by atoms with Gasteiger partial charge in [0.15, 0.2) is 30.7 Å². The Hall–Kier alpha value is -1.33. The van der Waals surface area contributed by atoms with Crippen molar-refractivity contribution in [1.29, 1.82) is 0 Å². The Labute approximate surface area is 261 Å². The fraction of sp³-hybridized carbons (Fsp3) is 0.800. The molecule has 0 unspecified atom stereocenters. The lowest BCUT2D eigenvalue weighted by atomic mass is 9.85. The van der Waals surface area contributed by atoms with Gasteiger partial charge in [-0.05, 0) is 65.8 Å². The molecule has 8 atom stereocenters. The van der Waals surface area contributed by atoms with Gasteiger partial charge in [0.2, 0.25) is 0 Å². The van der Waals surface area contributed by atoms with Gasteiger partial charge in [-0.15, -0.1) is 0 Å². The molecule has 0 bridgehead atoms. The van der Waals surface area contributed by atoms with E-state index in [2.05, 4.69) is 82.7 Å². The quantitative estimate of drug-likeness (QED) is 0.0978. The molecule has 1 aromatic heterocycles. The van der Waals surface area contributed by atoms with Crippen LogP contribution in [0.1, 0.15) is 43.5 Å². The number of epoxide rings is 1. The van der Waals surface area contributed by atoms with Gasteiger partial charge in [0, 0.05) is 43.2 Å². The zero-order valence-corrected chi connectivity index (χ0v) is 31.3. The summed E-state index contributed by atoms with van der Waals surface area (Å²) in [5, 5.41) is 0. The molecule has 43 heavy (non-hydrogen) atoms. The normalized spacial score (nSPS) is 27.8. The topological polar surface area (TPSA) is 119 Å². The Bertz CT molecular complexity index is 1090. The Balaban J connectivity index is 1.73. The highest BCUT2D eigenvalue weighted by atomic mass is 28.4. The summed E-state index contributed by atoms with van der Waals surface area (Å²) in [5.41, 5.74) is 0.279. The molecule has 0 spiro atoms. The van der Waals surface area contributed by atoms with Crippen LogP contribution in [0, 0.1) is 11.8 Å². The predicted molar refractivity (Wildman–Crippen MR) is 173 cm³/mol. The molecule has 2 saturated heterocycles. The summed E-state index contributed by atoms with van der Waals surface area (Å²) < 4.78 is 37.6. The van der Waals surface area contributed by atoms with Gasteiger partial charge in [-0.25, -0.2) is 9.97 Å². The molecular weight excluding hydrogens is 601 g/mol. The van der Waals surface area contributed by atoms with Crippen LogP contribution in [-0.2, 0) is 27.5 Å². The first-order chi connectivity index (χ1) is 19.8. The van der Waals surface area contributed by atoms with Crippen molar-refractivity contribution in [1.82, 2.24) is 9.97 Å². The largest absolute Gasteiger partial charge is 0.467 e. The second-order valence-corrected chi connectivity index (χ2v) is 28.4. The summed E-state index contributed by atoms with van der Waals surface area (Å²) in [5.74, 6) is -0.445. The molecule has 1 aromatic rings. The van der Waals surface area contributed by atoms with Crippen LogP contribution in [0.25, 0.3) is 0 Å². The SMILES string of the molecule is COc1ncc(C(=O)CC(=O)C[C@H]2CO[C@@H](C[C@@H]3O[C@H]3[C@H](C)[C@H](C)O[Si](C)(C)C)[C@@H](O[Si](C)(C)C)[C@@H]2O[Si](C)(C)C)cn1. The van der Waals surface area contributed by atoms with Crippen LogP contribution in [0.15, 0.2) is 12.4 Å². The van der Waals surface area contributed by atoms with Gasteiger partial charge in [0.1, 0.15) is 5.78 Å². The van der Waals surface area contributed by atoms with Crippen LogP contribution in [0.3, 0.4) is 0 Å². The fourth-order valence-corrected chi connectivity index (χ4v) is 9.17. The van der Waals surface area contributed by atoms with Gasteiger partial charge in [0.05, 0.1) is 56.2 Å². The van der Waals surface area contributed by atoms with Crippen molar-refractivity contribution in [2.75, 3.05) is 13.7 Å². The first-order valence-electron chi connectivity index (χ1n) is 15.5. The minimum absolute atomic E-state index is 0.0653. The Morgan fingerprint density at radius 2 is 1.49 bits per heavy atom. The fourth-order valence-electron chi connectivity index (χ4n) is 5.60. The van der Waals surface area contributed by atoms with E-state index in [4.69, 9.17) is 27.5 Å². The molecule has 0 saturated carbocycles. The summed E-state index contributed by atoms with van der Waals surface area (Å²) >= 11 is 0. The van der Waals surface area contributed by atoms with Crippen molar-refractivity contribution < 1.29 is 37.1 Å². The third-order valence-corrected chi connectivity index (χ3v) is 10.6. The summed E-state index contributed by atoms with van der Waals surface area (Å²) in [6, 6.07) is 0.170. The second kappa shape index (κ2) is 14.4. The molecule has 2 aliphatic rings. The lowest BCUT2D eigenvalue weighted by Crippen LogP contribution is -2.58. The zero-order valence-electron chi connectivity index (χ0n) is 28.3. The number of Topliss-reactive ketones (excluding diaryl/α,β-unsaturated/α-hetero) is 2. The predicted octanol–water partition coefficient (Wildman–Crippen LogP) is 5.51. The maximum Gasteiger partial charge on any atom is 0.316 e. The van der Waals surface area contributed by atoms with Gasteiger partial charge in [-0.3, -0.25) is 9.59 Å². The van der Waals surface area contributed by atoms with Crippen LogP contribution in [0.4, 0.5) is 0 Å². The van der Waals surface area contributed by atoms with E-state index in [1.165, 1.54) is 19.5 Å². The number of hydrogen-bond donors (Lipinski definition) is 0. The first kappa shape index (κ1) is 36.1. The average molecular weight is 655 g/mol. The van der Waals surface area contributed by atoms with Gasteiger partial charge >= 0.3 is 6.01 Å². The molecule has 3 heterocycles. The maximum absolute atomic E-state index is 13.2. The van der Waals surface area contributed by atoms with Crippen LogP contribution in [0.2, 0.25) is 58.9 Å². The molecule has 2 aliphatic heterocycles. The molecule has 0 N–H and O–H groups in total. The van der Waals surface area contributed by atoms with Crippen molar-refractivity contribution in [2.24, 2.45) is 11.8 Å². The van der Waals surface area contributed by atoms with E-state index >= 15 is 0 Å². The third-order valence-electron chi connectivity index (χ3n) is 7.52. The molecule has 0 aliphatic carbocycles. The average Bonchev–Trinajstić information content (AvgIpc) is 3.63. The van der Waals surface area contributed by atoms with Crippen LogP contribution < -0.4 is 4.74 Å². The smallest absolute Gasteiger partial charge is 0.316 e. The zero-order chi connectivity index (χ0) is 32.3. The van der Waals surface area contributed by atoms with Crippen LogP contribution in [-0.4, -0.2) is 96.8 Å². The van der Waals surface area contributed by atoms with Crippen molar-refractivity contribution in [3.63, 3.8) is 0 Å². The number of rotatable bonds is 16. The number of ether oxygens (including phenoxy) is 3. The van der Waals surface area contributed by atoms with Crippen molar-refractivity contribution in [3.8, 4) is 6.01 Å². The van der Waals surface area contributed by atoms with E-state index < -0.39 is 25.0 Å². The van der Waals surface area contributed by atoms with E-state index in [-0.39, 0.29) is 84.4 Å². The third kappa shape index (κ3) is 11.5. The number of methoxy groups -OCH3 is 1. The molecule has 2 fully saturated rings. The Kier molecular flexibility index (Phi) is 12.1. The van der Waals surface area contributed by atoms with Crippen molar-refractivity contribution in [3.05, 3.63) is 18.0 Å². The van der Waals surface area contributed by atoms with Crippen LogP contribution >= 0.6 is 0 Å². The second-order valence-electron chi connectivity index (χ2n) is 15.0. The molecular formula is C30H54N2O8Si3. The van der Waals surface area contributed by atoms with E-state index in [9.17, 15) is 9.59 Å². The van der Waals surface area contributed by atoms with E-state index in [1.54, 1.807) is 0 Å². The van der Waals surface area contributed by atoms with Gasteiger partial charge < -0.3 is 27.5 Å². The highest BCUT2D eigenvalue weighted by molar-refractivity contribution is 6.70. The minimum atomic E-state index is -2.04. The van der Waals surface area contributed by atoms with Gasteiger partial charge in [0.25, 0.3) is 0 Å². The van der Waals surface area contributed by atoms with E-state index in [0.29, 0.717) is 13.0 Å². The number of ketones is 2. The van der Waals surface area contributed by atoms with E-state index in [1.807, 2.05) is 0 Å². The molecule has 13 heteroatoms. The number of nitrogens with zero attached hydrogens (tertiary/aromatic N) is 2. The molecule has 10 nitrogen and oxygen atoms in total. The summed E-state index contributed by atoms with van der Waals surface area (Å²) in [6.07, 6.45) is 2.85. The van der Waals surface area contributed by atoms with E-state index in [0.717, 1.165) is 0 Å². The first-order valence-corrected chi connectivity index (χ1v) is 25.7. The summed E-state index contributed by atoms with van der Waals surface area (Å²) in [4.78, 5) is 34.0. The lowest BCUT2D eigenvalue weighted by Gasteiger charge is -2.47. The number of carbonyl (C=O) groups excluding carboxylic acids is 2. The molecule has 0 radical (unpaired) electrons. The number of carbonyl (C=O) groups is 2. The summed E-state index contributed by atoms with van der Waals surface area (Å²) in [7, 11) is -4.28. The molecule has 0 amide bonds. The molecule has 244 valence electrons. The highest BCUT2D eigenvalue weighted by Crippen LogP contribution is 2.40. The maximum atomic E-state index is 13.2. The molecule has 0 aromatic carbocycles. The minimum Gasteiger partial charge on any atom is -0.467 e. The van der Waals surface area contributed by atoms with Crippen molar-refractivity contribution >= 4 is 36.5 Å². The Morgan fingerprint density at radius 1 is 0.907 bits per heavy atom. The standard InChI is InChI=1S/C30H54N2O8Si3/c1-19(20(2)38-41(4,5)6)27-26(37-27)15-25-29(40-43(10,11)12)28(39-42(7,8)9)21(18-36-25)13-23(33)14-24(34)22-16-31-30(35-3)32-17-22/h16-17,19-21,25-29H,13-15,18H2,1-12H3/t19-,20+,21+,25+,26+,27+,28-,29-/m1/s1. The number of hydrogen-bond acceptors (Lipinski definition) is 10. The number of aromatic nitrogens is 2. The lowest BCUT2D eigenvalue weighted by molar-refractivity contribution is -0.158. The van der Waals surface area contributed by atoms with Gasteiger partial charge in [-0.1, -0.05) is 6.92 Å². The van der Waals surface area contributed by atoms with Crippen LogP contribution in [0.5, 0.6) is 6.01 Å². The Morgan fingerprint density at radius 3 is 2.02 bits per heavy atom. The monoisotopic (exact) mass is 654 g/mol.